The summed E-state index contributed by atoms with van der Waals surface area (Å²) >= 11 is 0. The van der Waals surface area contributed by atoms with E-state index in [0.717, 1.165) is 117 Å². The topological polar surface area (TPSA) is 105 Å². The van der Waals surface area contributed by atoms with Crippen molar-refractivity contribution in [3.63, 3.8) is 0 Å². The van der Waals surface area contributed by atoms with Gasteiger partial charge in [-0.3, -0.25) is 13.6 Å². The van der Waals surface area contributed by atoms with Crippen LogP contribution < -0.4 is 0 Å². The van der Waals surface area contributed by atoms with E-state index in [0.29, 0.717) is 17.2 Å². The van der Waals surface area contributed by atoms with E-state index in [9.17, 15) is 15.3 Å². The number of rotatable bonds is 24. The summed E-state index contributed by atoms with van der Waals surface area (Å²) in [5.41, 5.74) is 11.7. The normalized spacial score (nSPS) is 13.0. The van der Waals surface area contributed by atoms with Crippen LogP contribution in [-0.4, -0.2) is 15.3 Å². The van der Waals surface area contributed by atoms with Crippen molar-refractivity contribution in [2.24, 2.45) is 0 Å². The molecule has 0 aliphatic carbocycles. The molecule has 12 aromatic carbocycles. The first-order valence-corrected chi connectivity index (χ1v) is 41.6. The van der Waals surface area contributed by atoms with Crippen LogP contribution >= 0.6 is 7.82 Å². The SMILES string of the molecule is CC(C)(C)c1cc(-c2ccc(C(Cc3ccccc3)(Cc3ccccc3)OP(=O)(OC(Cc3ccccc3)(Cc3ccccc3)c3ccc(-c4cc(C(C)(C)C)c(O)c(C(C)(C)C)c4)cc3)OC(Cc3ccccc3)(Cc3ccccc3)c3ccc(-c4cc(C(C)(C)C)c(O)c(C(C)(C)C)c4)cc3)cc2)cc(C(C)(C)C)c1O. The molecule has 0 saturated heterocycles. The van der Waals surface area contributed by atoms with Crippen LogP contribution in [0.15, 0.2) is 291 Å². The standard InChI is InChI=1S/C105H117O7P/c1-97(2,3)88-61-82(62-89(94(88)106)98(4,5)6)79-49-55-85(56-50-79)103(67-73-37-25-19-26-38-73,68-74-39-27-20-28-40-74)110-113(109,111-104(69-75-41-29-21-30-42-75,70-76-43-31-22-32-44-76)86-57-51-80(52-58-86)83-63-90(99(7,8)9)95(107)91(64-83)100(10,11)12)112-105(71-77-45-33-23-34-46-77,72-78-47-35-24-36-48-78)87-59-53-81(54-60-87)84-65-92(101(13,14)15)96(108)93(66-84)102(16,17)18/h19-66,106-108H,67-72H2,1-18H3. The van der Waals surface area contributed by atoms with Crippen molar-refractivity contribution in [1.29, 1.82) is 0 Å². The number of phenols is 3. The van der Waals surface area contributed by atoms with Gasteiger partial charge in [0.2, 0.25) is 0 Å². The molecule has 0 unspecified atom stereocenters. The van der Waals surface area contributed by atoms with Gasteiger partial charge in [-0.2, -0.15) is 0 Å². The van der Waals surface area contributed by atoms with Crippen molar-refractivity contribution < 1.29 is 33.5 Å². The summed E-state index contributed by atoms with van der Waals surface area (Å²) in [6.45, 7) is 38.5. The largest absolute Gasteiger partial charge is 0.507 e. The Kier molecular flexibility index (Phi) is 23.8. The molecule has 0 saturated carbocycles. The third-order valence-corrected chi connectivity index (χ3v) is 24.0. The van der Waals surface area contributed by atoms with Gasteiger partial charge in [-0.25, -0.2) is 4.57 Å². The lowest BCUT2D eigenvalue weighted by Crippen LogP contribution is -2.41. The zero-order valence-corrected chi connectivity index (χ0v) is 70.8. The minimum atomic E-state index is -5.36. The number of aromatic hydroxyl groups is 3. The second-order valence-electron chi connectivity index (χ2n) is 37.7. The highest BCUT2D eigenvalue weighted by Gasteiger charge is 2.54. The first-order chi connectivity index (χ1) is 53.2. The highest BCUT2D eigenvalue weighted by Crippen LogP contribution is 2.66. The first-order valence-electron chi connectivity index (χ1n) is 40.1. The smallest absolute Gasteiger partial charge is 0.477 e. The average molecular weight is 1520 g/mol. The van der Waals surface area contributed by atoms with E-state index >= 15 is 4.57 Å². The third kappa shape index (κ3) is 19.3. The molecule has 0 fully saturated rings. The molecule has 0 aliphatic heterocycles. The van der Waals surface area contributed by atoms with Crippen molar-refractivity contribution in [2.75, 3.05) is 0 Å². The van der Waals surface area contributed by atoms with Crippen molar-refractivity contribution >= 4 is 7.82 Å². The lowest BCUT2D eigenvalue weighted by Gasteiger charge is -2.45. The molecule has 3 N–H and O–H groups in total. The Labute approximate surface area is 674 Å². The highest BCUT2D eigenvalue weighted by atomic mass is 31.2. The number of phosphoric acid groups is 1. The van der Waals surface area contributed by atoms with E-state index in [2.05, 4.69) is 307 Å². The van der Waals surface area contributed by atoms with Crippen LogP contribution in [0.1, 0.15) is 208 Å². The second-order valence-corrected chi connectivity index (χ2v) is 39.1. The van der Waals surface area contributed by atoms with Crippen LogP contribution in [0.25, 0.3) is 33.4 Å². The molecule has 12 rings (SSSR count). The molecule has 0 bridgehead atoms. The summed E-state index contributed by atoms with van der Waals surface area (Å²) in [5.74, 6) is 0.919. The van der Waals surface area contributed by atoms with Crippen LogP contribution in [0.4, 0.5) is 0 Å². The zero-order valence-electron chi connectivity index (χ0n) is 69.9. The Hall–Kier alpha value is -9.85. The van der Waals surface area contributed by atoms with Crippen molar-refractivity contribution in [2.45, 2.75) is 212 Å². The fourth-order valence-electron chi connectivity index (χ4n) is 16.1. The van der Waals surface area contributed by atoms with Crippen LogP contribution in [0.2, 0.25) is 0 Å². The van der Waals surface area contributed by atoms with Crippen LogP contribution in [0, 0.1) is 0 Å². The Morgan fingerprint density at radius 1 is 0.221 bits per heavy atom. The van der Waals surface area contributed by atoms with Gasteiger partial charge in [0.05, 0.1) is 0 Å². The second kappa shape index (κ2) is 32.6. The van der Waals surface area contributed by atoms with Crippen LogP contribution in [-0.2, 0) is 106 Å². The highest BCUT2D eigenvalue weighted by molar-refractivity contribution is 7.48. The Morgan fingerprint density at radius 2 is 0.372 bits per heavy atom. The molecule has 0 heterocycles. The summed E-state index contributed by atoms with van der Waals surface area (Å²) in [6.07, 6.45) is 1.32. The Bertz CT molecular complexity index is 4490. The van der Waals surface area contributed by atoms with Gasteiger partial charge in [0, 0.05) is 71.9 Å². The molecule has 113 heavy (non-hydrogen) atoms. The third-order valence-electron chi connectivity index (χ3n) is 22.3. The maximum absolute atomic E-state index is 19.5. The van der Waals surface area contributed by atoms with E-state index < -0.39 is 24.6 Å². The number of phenolic OH excluding ortho intramolecular Hbond substituents is 3. The molecular weight excluding hydrogens is 1400 g/mol. The van der Waals surface area contributed by atoms with E-state index in [4.69, 9.17) is 13.6 Å². The molecule has 0 aliphatic rings. The van der Waals surface area contributed by atoms with Gasteiger partial charge in [0.1, 0.15) is 34.1 Å². The number of benzene rings is 12. The van der Waals surface area contributed by atoms with Crippen molar-refractivity contribution in [1.82, 2.24) is 0 Å². The van der Waals surface area contributed by atoms with Crippen LogP contribution in [0.5, 0.6) is 17.2 Å². The molecule has 0 amide bonds. The number of hydrogen-bond donors (Lipinski definition) is 3. The molecule has 0 aromatic heterocycles. The summed E-state index contributed by atoms with van der Waals surface area (Å²) < 4.78 is 44.8. The van der Waals surface area contributed by atoms with E-state index in [1.165, 1.54) is 0 Å². The van der Waals surface area contributed by atoms with E-state index in [1.54, 1.807) is 0 Å². The molecule has 584 valence electrons. The van der Waals surface area contributed by atoms with Gasteiger partial charge in [-0.05, 0) is 152 Å². The summed E-state index contributed by atoms with van der Waals surface area (Å²) in [4.78, 5) is 0. The first kappa shape index (κ1) is 82.6. The minimum Gasteiger partial charge on any atom is -0.507 e. The predicted molar refractivity (Wildman–Crippen MR) is 470 cm³/mol. The quantitative estimate of drug-likeness (QED) is 0.0518. The molecule has 0 spiro atoms. The van der Waals surface area contributed by atoms with Gasteiger partial charge in [-0.1, -0.05) is 379 Å². The van der Waals surface area contributed by atoms with E-state index in [-0.39, 0.29) is 71.0 Å². The lowest BCUT2D eigenvalue weighted by molar-refractivity contribution is -0.0754. The molecule has 12 aromatic rings. The fourth-order valence-corrected chi connectivity index (χ4v) is 18.2. The predicted octanol–water partition coefficient (Wildman–Crippen LogP) is 27.2. The lowest BCUT2D eigenvalue weighted by atomic mass is 9.77. The molecule has 8 heteroatoms. The minimum absolute atomic E-state index is 0.220. The average Bonchev–Trinajstić information content (AvgIpc) is 0.705. The Morgan fingerprint density at radius 3 is 0.513 bits per heavy atom. The maximum atomic E-state index is 19.5. The number of hydrogen-bond acceptors (Lipinski definition) is 7. The Balaban J connectivity index is 1.18. The summed E-state index contributed by atoms with van der Waals surface area (Å²) in [7, 11) is -5.36. The molecule has 7 nitrogen and oxygen atoms in total. The van der Waals surface area contributed by atoms with Crippen molar-refractivity contribution in [3.05, 3.63) is 375 Å². The zero-order chi connectivity index (χ0) is 81.2. The van der Waals surface area contributed by atoms with Crippen LogP contribution in [0.3, 0.4) is 0 Å². The molecule has 0 radical (unpaired) electrons. The van der Waals surface area contributed by atoms with Gasteiger partial charge in [0.25, 0.3) is 0 Å². The van der Waals surface area contributed by atoms with Gasteiger partial charge < -0.3 is 15.3 Å². The van der Waals surface area contributed by atoms with Gasteiger partial charge in [-0.15, -0.1) is 0 Å². The van der Waals surface area contributed by atoms with E-state index in [1.807, 2.05) is 109 Å². The number of phosphoric ester groups is 1. The van der Waals surface area contributed by atoms with Gasteiger partial charge >= 0.3 is 7.82 Å². The fraction of sp³-hybridized carbons (Fsp3) is 0.314. The molecular formula is C105H117O7P. The van der Waals surface area contributed by atoms with Gasteiger partial charge in [0.15, 0.2) is 0 Å². The summed E-state index contributed by atoms with van der Waals surface area (Å²) in [6, 6.07) is 100. The van der Waals surface area contributed by atoms with Crippen molar-refractivity contribution in [3.8, 4) is 50.6 Å². The molecule has 0 atom stereocenters. The maximum Gasteiger partial charge on any atom is 0.477 e. The summed E-state index contributed by atoms with van der Waals surface area (Å²) in [5, 5.41) is 36.3. The monoisotopic (exact) mass is 1520 g/mol.